The molecule has 0 aromatic heterocycles. The lowest BCUT2D eigenvalue weighted by Gasteiger charge is -2.58. The van der Waals surface area contributed by atoms with E-state index in [1.54, 1.807) is 0 Å². The minimum atomic E-state index is -0.330. The number of piperidine rings is 2. The molecule has 0 bridgehead atoms. The van der Waals surface area contributed by atoms with Gasteiger partial charge < -0.3 is 0 Å². The fraction of sp³-hybridized carbons (Fsp3) is 0.622. The number of para-hydroxylation sites is 2. The second-order valence-corrected chi connectivity index (χ2v) is 15.0. The second kappa shape index (κ2) is 11.7. The maximum atomic E-state index is 13.1. The maximum absolute atomic E-state index is 13.1. The number of nitrogens with zero attached hydrogens (tertiary/aromatic N) is 4. The smallest absolute Gasteiger partial charge is 0.237 e. The van der Waals surface area contributed by atoms with Crippen molar-refractivity contribution in [1.82, 2.24) is 9.80 Å². The van der Waals surface area contributed by atoms with E-state index in [-0.39, 0.29) is 35.0 Å². The summed E-state index contributed by atoms with van der Waals surface area (Å²) in [6, 6.07) is 16.6. The van der Waals surface area contributed by atoms with Crippen molar-refractivity contribution in [2.45, 2.75) is 98.8 Å². The molecule has 4 heterocycles. The van der Waals surface area contributed by atoms with E-state index >= 15 is 0 Å². The lowest BCUT2D eigenvalue weighted by atomic mass is 9.75. The minimum absolute atomic E-state index is 0.157. The Morgan fingerprint density at radius 3 is 1.30 bits per heavy atom. The number of amides is 2. The van der Waals surface area contributed by atoms with Gasteiger partial charge in [-0.15, -0.1) is 0 Å². The Balaban J connectivity index is 0.960. The molecule has 6 heteroatoms. The van der Waals surface area contributed by atoms with Gasteiger partial charge in [0.25, 0.3) is 0 Å². The van der Waals surface area contributed by atoms with Crippen LogP contribution in [0.4, 0.5) is 11.4 Å². The van der Waals surface area contributed by atoms with E-state index in [1.807, 2.05) is 12.1 Å². The molecule has 4 fully saturated rings. The molecule has 6 rings (SSSR count). The summed E-state index contributed by atoms with van der Waals surface area (Å²) in [7, 11) is 0. The van der Waals surface area contributed by atoms with Crippen molar-refractivity contribution in [2.24, 2.45) is 22.7 Å². The van der Waals surface area contributed by atoms with Crippen LogP contribution in [0.15, 0.2) is 48.5 Å². The number of hydrogen-bond donors (Lipinski definition) is 0. The van der Waals surface area contributed by atoms with E-state index in [2.05, 4.69) is 97.5 Å². The molecule has 2 aromatic carbocycles. The largest absolute Gasteiger partial charge is 0.294 e. The Bertz CT molecular complexity index is 1230. The summed E-state index contributed by atoms with van der Waals surface area (Å²) in [5.41, 5.74) is 3.82. The van der Waals surface area contributed by atoms with Crippen LogP contribution in [0.2, 0.25) is 0 Å². The summed E-state index contributed by atoms with van der Waals surface area (Å²) in [5, 5.41) is 0. The molecule has 2 unspecified atom stereocenters. The number of anilines is 2. The molecule has 2 atom stereocenters. The molecule has 232 valence electrons. The topological polar surface area (TPSA) is 47.1 Å². The molecule has 2 amide bonds. The van der Waals surface area contributed by atoms with Gasteiger partial charge in [-0.25, -0.2) is 0 Å². The van der Waals surface area contributed by atoms with Gasteiger partial charge in [-0.05, 0) is 102 Å². The molecule has 0 N–H and O–H groups in total. The number of rotatable bonds is 8. The fourth-order valence-electron chi connectivity index (χ4n) is 8.63. The number of carbonyl (C=O) groups is 2. The highest BCUT2D eigenvalue weighted by atomic mass is 16.2. The lowest BCUT2D eigenvalue weighted by molar-refractivity contribution is -0.146. The van der Waals surface area contributed by atoms with Gasteiger partial charge in [-0.2, -0.15) is 0 Å². The first-order valence-corrected chi connectivity index (χ1v) is 16.8. The lowest BCUT2D eigenvalue weighted by Crippen LogP contribution is -2.73. The van der Waals surface area contributed by atoms with Gasteiger partial charge in [0, 0.05) is 37.6 Å². The maximum Gasteiger partial charge on any atom is 0.237 e. The molecule has 0 spiro atoms. The summed E-state index contributed by atoms with van der Waals surface area (Å²) < 4.78 is 0. The zero-order valence-electron chi connectivity index (χ0n) is 27.3. The SMILES string of the molecule is Cc1ccccc1N1C(=O)C(C)(C)C1N1CCC(CCCC2CCN(C3N(c4ccccc4C)C(=O)C3(C)C)CC2)CC1. The van der Waals surface area contributed by atoms with E-state index < -0.39 is 0 Å². The first-order valence-electron chi connectivity index (χ1n) is 16.8. The summed E-state index contributed by atoms with van der Waals surface area (Å²) >= 11 is 0. The molecule has 2 aromatic rings. The Kier molecular flexibility index (Phi) is 8.23. The molecular formula is C37H52N4O2. The number of aryl methyl sites for hydroxylation is 2. The highest BCUT2D eigenvalue weighted by Gasteiger charge is 2.58. The molecular weight excluding hydrogens is 532 g/mol. The van der Waals surface area contributed by atoms with Gasteiger partial charge in [0.1, 0.15) is 12.3 Å². The van der Waals surface area contributed by atoms with E-state index in [0.717, 1.165) is 49.4 Å². The van der Waals surface area contributed by atoms with Crippen molar-refractivity contribution in [2.75, 3.05) is 36.0 Å². The van der Waals surface area contributed by atoms with Crippen LogP contribution in [0.5, 0.6) is 0 Å². The molecule has 4 aliphatic heterocycles. The Morgan fingerprint density at radius 2 is 0.953 bits per heavy atom. The standard InChI is InChI=1S/C37H52N4O2/c1-26-12-7-9-16-30(26)40-32(36(3,4)34(40)42)38-22-18-28(19-23-38)14-11-15-29-20-24-39(25-21-29)33-37(5,6)35(43)41(33)31-17-10-8-13-27(31)2/h7-10,12-13,16-17,28-29,32-33H,11,14-15,18-25H2,1-6H3. The first kappa shape index (κ1) is 30.3. The van der Waals surface area contributed by atoms with Gasteiger partial charge in [-0.1, -0.05) is 55.7 Å². The van der Waals surface area contributed by atoms with Crippen LogP contribution in [0.1, 0.15) is 83.8 Å². The van der Waals surface area contributed by atoms with Crippen LogP contribution in [0.3, 0.4) is 0 Å². The predicted molar refractivity (Wildman–Crippen MR) is 175 cm³/mol. The quantitative estimate of drug-likeness (QED) is 0.314. The Labute approximate surface area is 259 Å². The third kappa shape index (κ3) is 5.33. The summed E-state index contributed by atoms with van der Waals surface area (Å²) in [5.74, 6) is 2.09. The summed E-state index contributed by atoms with van der Waals surface area (Å²) in [6.07, 6.45) is 9.24. The number of carbonyl (C=O) groups excluding carboxylic acids is 2. The number of likely N-dealkylation sites (tertiary alicyclic amines) is 2. The van der Waals surface area contributed by atoms with Crippen LogP contribution in [0.25, 0.3) is 0 Å². The average Bonchev–Trinajstić information content (AvgIpc) is 3.00. The molecule has 0 saturated carbocycles. The van der Waals surface area contributed by atoms with Gasteiger partial charge in [0.15, 0.2) is 0 Å². The van der Waals surface area contributed by atoms with Crippen molar-refractivity contribution in [3.8, 4) is 0 Å². The summed E-state index contributed by atoms with van der Waals surface area (Å²) in [6.45, 7) is 17.0. The van der Waals surface area contributed by atoms with Gasteiger partial charge in [-0.3, -0.25) is 29.2 Å². The molecule has 6 nitrogen and oxygen atoms in total. The molecule has 0 radical (unpaired) electrons. The number of β-lactam (4-membered cyclic amide) rings is 2. The number of benzene rings is 2. The van der Waals surface area contributed by atoms with Gasteiger partial charge in [0.2, 0.25) is 11.8 Å². The summed E-state index contributed by atoms with van der Waals surface area (Å²) in [4.78, 5) is 35.6. The highest BCUT2D eigenvalue weighted by Crippen LogP contribution is 2.47. The van der Waals surface area contributed by atoms with Crippen LogP contribution in [0, 0.1) is 36.5 Å². The molecule has 4 aliphatic rings. The van der Waals surface area contributed by atoms with E-state index in [9.17, 15) is 9.59 Å². The Hall–Kier alpha value is -2.70. The van der Waals surface area contributed by atoms with Gasteiger partial charge >= 0.3 is 0 Å². The second-order valence-electron chi connectivity index (χ2n) is 15.0. The monoisotopic (exact) mass is 584 g/mol. The highest BCUT2D eigenvalue weighted by molar-refractivity contribution is 6.06. The third-order valence-corrected chi connectivity index (χ3v) is 11.3. The van der Waals surface area contributed by atoms with Crippen molar-refractivity contribution in [3.05, 3.63) is 59.7 Å². The predicted octanol–water partition coefficient (Wildman–Crippen LogP) is 7.00. The molecule has 4 saturated heterocycles. The van der Waals surface area contributed by atoms with Crippen molar-refractivity contribution >= 4 is 23.2 Å². The van der Waals surface area contributed by atoms with Crippen LogP contribution >= 0.6 is 0 Å². The molecule has 43 heavy (non-hydrogen) atoms. The van der Waals surface area contributed by atoms with Crippen molar-refractivity contribution in [1.29, 1.82) is 0 Å². The van der Waals surface area contributed by atoms with E-state index in [1.165, 1.54) is 56.1 Å². The number of hydrogen-bond acceptors (Lipinski definition) is 4. The van der Waals surface area contributed by atoms with Crippen LogP contribution < -0.4 is 9.80 Å². The minimum Gasteiger partial charge on any atom is -0.294 e. The van der Waals surface area contributed by atoms with Gasteiger partial charge in [0.05, 0.1) is 10.8 Å². The fourth-order valence-corrected chi connectivity index (χ4v) is 8.63. The third-order valence-electron chi connectivity index (χ3n) is 11.3. The van der Waals surface area contributed by atoms with Crippen molar-refractivity contribution in [3.63, 3.8) is 0 Å². The zero-order chi connectivity index (χ0) is 30.5. The van der Waals surface area contributed by atoms with E-state index in [0.29, 0.717) is 0 Å². The zero-order valence-corrected chi connectivity index (χ0v) is 27.3. The van der Waals surface area contributed by atoms with E-state index in [4.69, 9.17) is 0 Å². The first-order chi connectivity index (χ1) is 20.5. The van der Waals surface area contributed by atoms with Crippen LogP contribution in [-0.4, -0.2) is 60.1 Å². The molecule has 0 aliphatic carbocycles. The van der Waals surface area contributed by atoms with Crippen LogP contribution in [-0.2, 0) is 9.59 Å². The Morgan fingerprint density at radius 1 is 0.605 bits per heavy atom. The van der Waals surface area contributed by atoms with Crippen molar-refractivity contribution < 1.29 is 9.59 Å². The average molecular weight is 585 g/mol. The normalized spacial score (nSPS) is 26.8.